The number of aliphatic hydroxyl groups is 4. The summed E-state index contributed by atoms with van der Waals surface area (Å²) >= 11 is 6.94. The lowest BCUT2D eigenvalue weighted by Crippen LogP contribution is -2.57. The number of aromatic nitrogens is 1. The largest absolute Gasteiger partial charge is 0.394 e. The second-order valence-electron chi connectivity index (χ2n) is 8.25. The van der Waals surface area contributed by atoms with Crippen LogP contribution >= 0.6 is 23.4 Å². The van der Waals surface area contributed by atoms with Crippen molar-refractivity contribution >= 4 is 29.1 Å². The maximum Gasteiger partial charge on any atom is 0.162 e. The van der Waals surface area contributed by atoms with Gasteiger partial charge in [0.25, 0.3) is 0 Å². The Hall–Kier alpha value is -2.81. The molecule has 1 aliphatic rings. The summed E-state index contributed by atoms with van der Waals surface area (Å²) in [4.78, 5) is 17.6. The van der Waals surface area contributed by atoms with Crippen LogP contribution in [0.3, 0.4) is 0 Å². The van der Waals surface area contributed by atoms with Gasteiger partial charge in [0.1, 0.15) is 40.9 Å². The van der Waals surface area contributed by atoms with E-state index in [1.165, 1.54) is 6.92 Å². The van der Waals surface area contributed by atoms with Gasteiger partial charge in [0.05, 0.1) is 23.4 Å². The van der Waals surface area contributed by atoms with Crippen molar-refractivity contribution in [2.75, 3.05) is 6.61 Å². The van der Waals surface area contributed by atoms with Gasteiger partial charge in [0.2, 0.25) is 0 Å². The highest BCUT2D eigenvalue weighted by atomic mass is 35.5. The molecule has 4 rings (SSSR count). The molecule has 2 aromatic carbocycles. The van der Waals surface area contributed by atoms with E-state index in [0.717, 1.165) is 11.8 Å². The molecule has 1 aliphatic heterocycles. The number of thioether (sulfide) groups is 1. The van der Waals surface area contributed by atoms with Crippen molar-refractivity contribution in [1.29, 1.82) is 5.26 Å². The Morgan fingerprint density at radius 2 is 1.72 bits per heavy atom. The first-order valence-electron chi connectivity index (χ1n) is 11.0. The summed E-state index contributed by atoms with van der Waals surface area (Å²) in [5.74, 6) is -0.299. The van der Waals surface area contributed by atoms with E-state index >= 15 is 0 Å². The van der Waals surface area contributed by atoms with Crippen LogP contribution in [0.1, 0.15) is 22.8 Å². The second kappa shape index (κ2) is 11.1. The molecule has 2 heterocycles. The SMILES string of the molecule is CC(=O)c1c(-c2ccccc2)nc(S[C@@H]2O[C@H](CO)[C@H](O)[C@H](O)[C@H]2O)c(C#N)c1-c1ccc(Cl)cc1. The summed E-state index contributed by atoms with van der Waals surface area (Å²) in [6.45, 7) is 0.809. The van der Waals surface area contributed by atoms with Crippen LogP contribution < -0.4 is 0 Å². The molecule has 10 heteroatoms. The summed E-state index contributed by atoms with van der Waals surface area (Å²) in [6, 6.07) is 17.8. The van der Waals surface area contributed by atoms with Crippen LogP contribution in [0, 0.1) is 11.3 Å². The van der Waals surface area contributed by atoms with E-state index in [-0.39, 0.29) is 21.9 Å². The molecule has 5 atom stereocenters. The number of nitrogens with zero attached hydrogens (tertiary/aromatic N) is 2. The highest BCUT2D eigenvalue weighted by molar-refractivity contribution is 7.99. The molecule has 8 nitrogen and oxygen atoms in total. The predicted octanol–water partition coefficient (Wildman–Crippen LogP) is 3.04. The van der Waals surface area contributed by atoms with Crippen LogP contribution in [-0.2, 0) is 4.74 Å². The van der Waals surface area contributed by atoms with Gasteiger partial charge in [-0.05, 0) is 24.6 Å². The fourth-order valence-corrected chi connectivity index (χ4v) is 5.33. The highest BCUT2D eigenvalue weighted by Crippen LogP contribution is 2.42. The standard InChI is InChI=1S/C26H23ClN2O6S/c1-13(31)19-20(14-7-9-16(27)10-8-14)17(11-28)25(29-21(19)15-5-3-2-4-6-15)36-26-24(34)23(33)22(32)18(12-30)35-26/h2-10,18,22-24,26,30,32-34H,12H2,1H3/t18-,22+,23+,24-,26+/m1/s1. The third-order valence-corrected chi connectivity index (χ3v) is 7.28. The van der Waals surface area contributed by atoms with Crippen molar-refractivity contribution in [3.05, 3.63) is 70.7 Å². The van der Waals surface area contributed by atoms with Gasteiger partial charge in [-0.1, -0.05) is 65.8 Å². The maximum absolute atomic E-state index is 12.9. The second-order valence-corrected chi connectivity index (χ2v) is 9.77. The summed E-state index contributed by atoms with van der Waals surface area (Å²) in [5.41, 5.74) is 1.04. The minimum Gasteiger partial charge on any atom is -0.394 e. The zero-order valence-electron chi connectivity index (χ0n) is 19.1. The van der Waals surface area contributed by atoms with Crippen molar-refractivity contribution in [1.82, 2.24) is 4.98 Å². The first-order chi connectivity index (χ1) is 17.3. The number of hydrogen-bond acceptors (Lipinski definition) is 9. The highest BCUT2D eigenvalue weighted by Gasteiger charge is 2.44. The molecular formula is C26H23ClN2O6S. The molecule has 0 saturated carbocycles. The molecule has 0 bridgehead atoms. The smallest absolute Gasteiger partial charge is 0.162 e. The number of ketones is 1. The van der Waals surface area contributed by atoms with E-state index in [0.29, 0.717) is 27.4 Å². The van der Waals surface area contributed by atoms with Crippen molar-refractivity contribution < 1.29 is 30.0 Å². The number of carbonyl (C=O) groups is 1. The van der Waals surface area contributed by atoms with E-state index in [4.69, 9.17) is 16.3 Å². The van der Waals surface area contributed by atoms with Gasteiger partial charge >= 0.3 is 0 Å². The predicted molar refractivity (Wildman–Crippen MR) is 134 cm³/mol. The van der Waals surface area contributed by atoms with Crippen LogP contribution in [0.15, 0.2) is 59.6 Å². The van der Waals surface area contributed by atoms with Gasteiger partial charge in [0, 0.05) is 16.1 Å². The van der Waals surface area contributed by atoms with E-state index < -0.39 is 36.5 Å². The van der Waals surface area contributed by atoms with Crippen LogP contribution in [-0.4, -0.2) is 67.7 Å². The summed E-state index contributed by atoms with van der Waals surface area (Å²) < 4.78 is 5.64. The van der Waals surface area contributed by atoms with Crippen molar-refractivity contribution in [3.63, 3.8) is 0 Å². The minimum absolute atomic E-state index is 0.0733. The number of benzene rings is 2. The molecule has 0 aliphatic carbocycles. The molecule has 3 aromatic rings. The molecule has 4 N–H and O–H groups in total. The Balaban J connectivity index is 1.95. The molecule has 1 aromatic heterocycles. The number of rotatable bonds is 6. The van der Waals surface area contributed by atoms with Gasteiger partial charge in [-0.2, -0.15) is 5.26 Å². The number of ether oxygens (including phenoxy) is 1. The first-order valence-corrected chi connectivity index (χ1v) is 12.3. The molecule has 1 saturated heterocycles. The summed E-state index contributed by atoms with van der Waals surface area (Å²) in [6.07, 6.45) is -5.75. The number of Topliss-reactive ketones (excluding diaryl/α,β-unsaturated/α-hetero) is 1. The summed E-state index contributed by atoms with van der Waals surface area (Å²) in [7, 11) is 0. The maximum atomic E-state index is 12.9. The van der Waals surface area contributed by atoms with Gasteiger partial charge < -0.3 is 25.2 Å². The Morgan fingerprint density at radius 1 is 1.06 bits per heavy atom. The number of nitriles is 1. The molecule has 1 fully saturated rings. The van der Waals surface area contributed by atoms with Gasteiger partial charge in [0.15, 0.2) is 5.78 Å². The van der Waals surface area contributed by atoms with Gasteiger partial charge in [-0.15, -0.1) is 0 Å². The average molecular weight is 527 g/mol. The molecule has 0 amide bonds. The van der Waals surface area contributed by atoms with Crippen LogP contribution in [0.4, 0.5) is 0 Å². The number of halogens is 1. The zero-order valence-corrected chi connectivity index (χ0v) is 20.6. The fourth-order valence-electron chi connectivity index (χ4n) is 4.08. The Labute approximate surface area is 216 Å². The lowest BCUT2D eigenvalue weighted by Gasteiger charge is -2.39. The van der Waals surface area contributed by atoms with Crippen molar-refractivity contribution in [2.45, 2.75) is 41.8 Å². The minimum atomic E-state index is -1.58. The average Bonchev–Trinajstić information content (AvgIpc) is 2.89. The lowest BCUT2D eigenvalue weighted by molar-refractivity contribution is -0.205. The van der Waals surface area contributed by atoms with E-state index in [9.17, 15) is 30.5 Å². The van der Waals surface area contributed by atoms with E-state index in [1.54, 1.807) is 48.5 Å². The number of aliphatic hydroxyl groups excluding tert-OH is 4. The van der Waals surface area contributed by atoms with Crippen molar-refractivity contribution in [2.24, 2.45) is 0 Å². The monoisotopic (exact) mass is 526 g/mol. The summed E-state index contributed by atoms with van der Waals surface area (Å²) in [5, 5.41) is 51.3. The number of hydrogen-bond donors (Lipinski definition) is 4. The number of carbonyl (C=O) groups excluding carboxylic acids is 1. The molecule has 0 radical (unpaired) electrons. The normalized spacial score (nSPS) is 23.8. The first kappa shape index (κ1) is 26.3. The topological polar surface area (TPSA) is 144 Å². The number of pyridine rings is 1. The quantitative estimate of drug-likeness (QED) is 0.356. The van der Waals surface area contributed by atoms with E-state index in [2.05, 4.69) is 11.1 Å². The molecule has 0 unspecified atom stereocenters. The Kier molecular flexibility index (Phi) is 8.07. The van der Waals surface area contributed by atoms with Crippen LogP contribution in [0.25, 0.3) is 22.4 Å². The van der Waals surface area contributed by atoms with Gasteiger partial charge in [-0.3, -0.25) is 4.79 Å². The Morgan fingerprint density at radius 3 is 2.31 bits per heavy atom. The Bertz CT molecular complexity index is 1300. The fraction of sp³-hybridized carbons (Fsp3) is 0.269. The zero-order chi connectivity index (χ0) is 26.0. The van der Waals surface area contributed by atoms with Crippen molar-refractivity contribution in [3.8, 4) is 28.5 Å². The molecule has 186 valence electrons. The lowest BCUT2D eigenvalue weighted by atomic mass is 9.90. The van der Waals surface area contributed by atoms with Crippen LogP contribution in [0.5, 0.6) is 0 Å². The third-order valence-electron chi connectivity index (χ3n) is 5.88. The van der Waals surface area contributed by atoms with E-state index in [1.807, 2.05) is 6.07 Å². The molecule has 36 heavy (non-hydrogen) atoms. The molecule has 0 spiro atoms. The van der Waals surface area contributed by atoms with Gasteiger partial charge in [-0.25, -0.2) is 4.98 Å². The molecular weight excluding hydrogens is 504 g/mol. The third kappa shape index (κ3) is 5.03. The van der Waals surface area contributed by atoms with Crippen LogP contribution in [0.2, 0.25) is 5.02 Å².